The molecule has 0 bridgehead atoms. The van der Waals surface area contributed by atoms with Gasteiger partial charge in [0.25, 0.3) is 0 Å². The average Bonchev–Trinajstić information content (AvgIpc) is 2.22. The summed E-state index contributed by atoms with van der Waals surface area (Å²) in [5, 5.41) is 0. The molecule has 0 amide bonds. The minimum absolute atomic E-state index is 0.0611. The Hall–Kier alpha value is -0.865. The van der Waals surface area contributed by atoms with Crippen LogP contribution < -0.4 is 5.46 Å². The molecule has 0 spiro atoms. The minimum Gasteiger partial charge on any atom is -0.407 e. The van der Waals surface area contributed by atoms with Gasteiger partial charge in [0.15, 0.2) is 0 Å². The van der Waals surface area contributed by atoms with E-state index in [1.54, 1.807) is 19.1 Å². The van der Waals surface area contributed by atoms with E-state index in [9.17, 15) is 4.39 Å². The summed E-state index contributed by atoms with van der Waals surface area (Å²) < 4.78 is 24.4. The van der Waals surface area contributed by atoms with Crippen LogP contribution in [0.1, 0.15) is 19.4 Å². The van der Waals surface area contributed by atoms with Gasteiger partial charge in [0.05, 0.1) is 0 Å². The fraction of sp³-hybridized carbons (Fsp3) is 0.500. The van der Waals surface area contributed by atoms with Gasteiger partial charge in [0.2, 0.25) is 0 Å². The third-order valence-corrected chi connectivity index (χ3v) is 2.71. The number of aryl methyl sites for hydroxylation is 1. The van der Waals surface area contributed by atoms with Crippen LogP contribution in [0, 0.1) is 18.2 Å². The molecule has 0 N–H and O–H groups in total. The van der Waals surface area contributed by atoms with Gasteiger partial charge < -0.3 is 9.31 Å². The summed E-state index contributed by atoms with van der Waals surface area (Å²) in [5.74, 6) is -0.195. The zero-order valence-corrected chi connectivity index (χ0v) is 9.92. The number of hydrogen-bond donors (Lipinski definition) is 0. The molecule has 0 radical (unpaired) electrons. The van der Waals surface area contributed by atoms with E-state index < -0.39 is 0 Å². The molecule has 16 heavy (non-hydrogen) atoms. The van der Waals surface area contributed by atoms with Crippen molar-refractivity contribution in [2.45, 2.75) is 20.8 Å². The molecule has 4 heteroatoms. The Morgan fingerprint density at radius 3 is 2.44 bits per heavy atom. The second-order valence-corrected chi connectivity index (χ2v) is 5.13. The van der Waals surface area contributed by atoms with E-state index in [0.717, 1.165) is 5.46 Å². The van der Waals surface area contributed by atoms with E-state index in [0.29, 0.717) is 18.8 Å². The highest BCUT2D eigenvalue weighted by Crippen LogP contribution is 2.21. The van der Waals surface area contributed by atoms with Gasteiger partial charge in [-0.2, -0.15) is 0 Å². The zero-order valence-electron chi connectivity index (χ0n) is 9.92. The molecule has 2 nitrogen and oxygen atoms in total. The SMILES string of the molecule is Cc1cc(B2OCC(C)(C)CO2)ccc1F. The van der Waals surface area contributed by atoms with E-state index in [1.807, 2.05) is 0 Å². The number of hydrogen-bond acceptors (Lipinski definition) is 2. The molecule has 1 aromatic rings. The maximum Gasteiger partial charge on any atom is 0.493 e. The van der Waals surface area contributed by atoms with Crippen LogP contribution in [-0.2, 0) is 9.31 Å². The van der Waals surface area contributed by atoms with Crippen LogP contribution in [0.25, 0.3) is 0 Å². The van der Waals surface area contributed by atoms with Gasteiger partial charge in [0.1, 0.15) is 5.82 Å². The number of halogens is 1. The Kier molecular flexibility index (Phi) is 3.04. The van der Waals surface area contributed by atoms with E-state index in [1.165, 1.54) is 6.07 Å². The average molecular weight is 222 g/mol. The highest BCUT2D eigenvalue weighted by molar-refractivity contribution is 6.61. The van der Waals surface area contributed by atoms with Crippen molar-refractivity contribution in [3.63, 3.8) is 0 Å². The van der Waals surface area contributed by atoms with Crippen molar-refractivity contribution < 1.29 is 13.7 Å². The lowest BCUT2D eigenvalue weighted by Crippen LogP contribution is -2.47. The Morgan fingerprint density at radius 2 is 1.88 bits per heavy atom. The first-order valence-corrected chi connectivity index (χ1v) is 5.47. The Labute approximate surface area is 95.9 Å². The van der Waals surface area contributed by atoms with E-state index >= 15 is 0 Å². The summed E-state index contributed by atoms with van der Waals surface area (Å²) >= 11 is 0. The molecule has 0 saturated carbocycles. The van der Waals surface area contributed by atoms with Gasteiger partial charge in [-0.25, -0.2) is 4.39 Å². The number of benzene rings is 1. The van der Waals surface area contributed by atoms with Crippen LogP contribution in [0.5, 0.6) is 0 Å². The molecule has 0 unspecified atom stereocenters. The largest absolute Gasteiger partial charge is 0.493 e. The Morgan fingerprint density at radius 1 is 1.25 bits per heavy atom. The summed E-state index contributed by atoms with van der Waals surface area (Å²) in [6.45, 7) is 7.26. The first kappa shape index (κ1) is 11.6. The van der Waals surface area contributed by atoms with Crippen molar-refractivity contribution in [2.75, 3.05) is 13.2 Å². The van der Waals surface area contributed by atoms with Crippen molar-refractivity contribution in [3.8, 4) is 0 Å². The third-order valence-electron chi connectivity index (χ3n) is 2.71. The Balaban J connectivity index is 2.11. The van der Waals surface area contributed by atoms with Gasteiger partial charge >= 0.3 is 7.12 Å². The maximum absolute atomic E-state index is 13.1. The molecule has 1 aliphatic rings. The van der Waals surface area contributed by atoms with E-state index in [-0.39, 0.29) is 18.4 Å². The molecule has 1 aromatic carbocycles. The van der Waals surface area contributed by atoms with Crippen molar-refractivity contribution in [1.29, 1.82) is 0 Å². The monoisotopic (exact) mass is 222 g/mol. The van der Waals surface area contributed by atoms with Crippen molar-refractivity contribution in [1.82, 2.24) is 0 Å². The van der Waals surface area contributed by atoms with Crippen LogP contribution in [0.15, 0.2) is 18.2 Å². The molecule has 86 valence electrons. The second-order valence-electron chi connectivity index (χ2n) is 5.13. The standard InChI is InChI=1S/C12H16BFO2/c1-9-6-10(4-5-11(9)14)13-15-7-12(2,3)8-16-13/h4-6H,7-8H2,1-3H3. The third kappa shape index (κ3) is 2.44. The quantitative estimate of drug-likeness (QED) is 0.675. The fourth-order valence-corrected chi connectivity index (χ4v) is 1.70. The van der Waals surface area contributed by atoms with E-state index in [2.05, 4.69) is 13.8 Å². The first-order valence-electron chi connectivity index (χ1n) is 5.47. The van der Waals surface area contributed by atoms with Gasteiger partial charge in [0, 0.05) is 18.6 Å². The summed E-state index contributed by atoms with van der Waals surface area (Å²) in [5.41, 5.74) is 1.56. The Bertz CT molecular complexity index is 383. The molecule has 0 aromatic heterocycles. The van der Waals surface area contributed by atoms with Gasteiger partial charge in [-0.15, -0.1) is 0 Å². The molecule has 1 fully saturated rings. The summed E-state index contributed by atoms with van der Waals surface area (Å²) in [7, 11) is -0.354. The fourth-order valence-electron chi connectivity index (χ4n) is 1.70. The van der Waals surface area contributed by atoms with Crippen molar-refractivity contribution in [3.05, 3.63) is 29.6 Å². The number of rotatable bonds is 1. The van der Waals surface area contributed by atoms with Crippen LogP contribution in [0.2, 0.25) is 0 Å². The van der Waals surface area contributed by atoms with Crippen LogP contribution in [0.3, 0.4) is 0 Å². The summed E-state index contributed by atoms with van der Waals surface area (Å²) in [4.78, 5) is 0. The molecule has 0 aliphatic carbocycles. The first-order chi connectivity index (χ1) is 7.48. The highest BCUT2D eigenvalue weighted by atomic mass is 19.1. The summed E-state index contributed by atoms with van der Waals surface area (Å²) in [6, 6.07) is 4.95. The predicted octanol–water partition coefficient (Wildman–Crippen LogP) is 1.90. The van der Waals surface area contributed by atoms with E-state index in [4.69, 9.17) is 9.31 Å². The lowest BCUT2D eigenvalue weighted by atomic mass is 9.75. The molecule has 1 heterocycles. The van der Waals surface area contributed by atoms with Crippen LogP contribution >= 0.6 is 0 Å². The normalized spacial score (nSPS) is 19.9. The van der Waals surface area contributed by atoms with Crippen LogP contribution in [-0.4, -0.2) is 20.3 Å². The highest BCUT2D eigenvalue weighted by Gasteiger charge is 2.33. The minimum atomic E-state index is -0.354. The lowest BCUT2D eigenvalue weighted by molar-refractivity contribution is 0.0343. The molecular weight excluding hydrogens is 206 g/mol. The lowest BCUT2D eigenvalue weighted by Gasteiger charge is -2.33. The second kappa shape index (κ2) is 4.19. The topological polar surface area (TPSA) is 18.5 Å². The molecule has 1 saturated heterocycles. The van der Waals surface area contributed by atoms with Crippen molar-refractivity contribution in [2.24, 2.45) is 5.41 Å². The molecule has 1 aliphatic heterocycles. The van der Waals surface area contributed by atoms with Gasteiger partial charge in [-0.05, 0) is 24.0 Å². The molecular formula is C12H16BFO2. The summed E-state index contributed by atoms with van der Waals surface area (Å²) in [6.07, 6.45) is 0. The molecule has 0 atom stereocenters. The maximum atomic E-state index is 13.1. The van der Waals surface area contributed by atoms with Crippen molar-refractivity contribution >= 4 is 12.6 Å². The van der Waals surface area contributed by atoms with Gasteiger partial charge in [-0.3, -0.25) is 0 Å². The smallest absolute Gasteiger partial charge is 0.407 e. The van der Waals surface area contributed by atoms with Gasteiger partial charge in [-0.1, -0.05) is 26.0 Å². The zero-order chi connectivity index (χ0) is 11.8. The predicted molar refractivity (Wildman–Crippen MR) is 62.2 cm³/mol. The van der Waals surface area contributed by atoms with Crippen LogP contribution in [0.4, 0.5) is 4.39 Å². The molecule has 2 rings (SSSR count).